The Morgan fingerprint density at radius 1 is 1.21 bits per heavy atom. The number of fused-ring (bicyclic) bond motifs is 1. The molecule has 1 fully saturated rings. The second-order valence-corrected chi connectivity index (χ2v) is 6.94. The number of aromatic nitrogens is 2. The van der Waals surface area contributed by atoms with Crippen LogP contribution in [0.4, 0.5) is 10.5 Å². The maximum Gasteiger partial charge on any atom is 0.322 e. The van der Waals surface area contributed by atoms with Crippen LogP contribution < -0.4 is 15.5 Å². The average Bonchev–Trinajstić information content (AvgIpc) is 3.24. The zero-order chi connectivity index (χ0) is 19.7. The van der Waals surface area contributed by atoms with Crippen molar-refractivity contribution in [2.75, 3.05) is 24.5 Å². The number of hydrogen-bond acceptors (Lipinski definition) is 3. The minimum atomic E-state index is -0.123. The van der Waals surface area contributed by atoms with Crippen LogP contribution in [0.25, 0.3) is 11.0 Å². The van der Waals surface area contributed by atoms with Gasteiger partial charge in [-0.3, -0.25) is 9.69 Å². The van der Waals surface area contributed by atoms with Gasteiger partial charge in [0.1, 0.15) is 5.82 Å². The third kappa shape index (κ3) is 3.31. The van der Waals surface area contributed by atoms with Crippen LogP contribution in [0.1, 0.15) is 21.7 Å². The summed E-state index contributed by atoms with van der Waals surface area (Å²) in [6.07, 6.45) is 0. The first-order chi connectivity index (χ1) is 13.5. The molecule has 28 heavy (non-hydrogen) atoms. The van der Waals surface area contributed by atoms with E-state index in [4.69, 9.17) is 0 Å². The van der Waals surface area contributed by atoms with Crippen molar-refractivity contribution < 1.29 is 9.59 Å². The van der Waals surface area contributed by atoms with Gasteiger partial charge in [-0.2, -0.15) is 0 Å². The van der Waals surface area contributed by atoms with Gasteiger partial charge in [-0.25, -0.2) is 9.78 Å². The minimum Gasteiger partial charge on any atom is -0.350 e. The number of carbonyl (C=O) groups excluding carboxylic acids is 2. The first-order valence-corrected chi connectivity index (χ1v) is 9.40. The molecule has 0 saturated carbocycles. The number of benzene rings is 2. The smallest absolute Gasteiger partial charge is 0.322 e. The van der Waals surface area contributed by atoms with Gasteiger partial charge in [-0.05, 0) is 49.7 Å². The lowest BCUT2D eigenvalue weighted by Crippen LogP contribution is -2.29. The van der Waals surface area contributed by atoms with E-state index in [0.29, 0.717) is 31.7 Å². The summed E-state index contributed by atoms with van der Waals surface area (Å²) in [4.78, 5) is 30.6. The number of para-hydroxylation sites is 2. The molecule has 3 amide bonds. The summed E-state index contributed by atoms with van der Waals surface area (Å²) in [6, 6.07) is 13.3. The molecule has 0 unspecified atom stereocenters. The summed E-state index contributed by atoms with van der Waals surface area (Å²) >= 11 is 0. The highest BCUT2D eigenvalue weighted by molar-refractivity contribution is 5.97. The molecule has 0 radical (unpaired) electrons. The van der Waals surface area contributed by atoms with E-state index in [1.54, 1.807) is 11.0 Å². The second kappa shape index (κ2) is 7.34. The number of nitrogens with zero attached hydrogens (tertiary/aromatic N) is 3. The van der Waals surface area contributed by atoms with Gasteiger partial charge in [0.2, 0.25) is 0 Å². The zero-order valence-corrected chi connectivity index (χ0v) is 16.0. The average molecular weight is 377 g/mol. The minimum absolute atomic E-state index is 0.0942. The Labute approximate surface area is 163 Å². The topological polar surface area (TPSA) is 79.3 Å². The Bertz CT molecular complexity index is 1060. The zero-order valence-electron chi connectivity index (χ0n) is 16.0. The quantitative estimate of drug-likeness (QED) is 0.717. The van der Waals surface area contributed by atoms with Crippen LogP contribution in [0.5, 0.6) is 0 Å². The van der Waals surface area contributed by atoms with Gasteiger partial charge in [-0.15, -0.1) is 0 Å². The van der Waals surface area contributed by atoms with Gasteiger partial charge in [0, 0.05) is 37.4 Å². The molecule has 0 spiro atoms. The predicted octanol–water partition coefficient (Wildman–Crippen LogP) is 2.61. The third-order valence-electron chi connectivity index (χ3n) is 5.07. The molecule has 0 atom stereocenters. The monoisotopic (exact) mass is 377 g/mol. The first kappa shape index (κ1) is 18.0. The molecule has 1 aliphatic rings. The normalized spacial score (nSPS) is 13.8. The fraction of sp³-hybridized carbons (Fsp3) is 0.286. The molecule has 1 aromatic heterocycles. The summed E-state index contributed by atoms with van der Waals surface area (Å²) in [7, 11) is 0. The fourth-order valence-electron chi connectivity index (χ4n) is 3.66. The molecule has 2 heterocycles. The van der Waals surface area contributed by atoms with Crippen LogP contribution in [-0.2, 0) is 6.54 Å². The van der Waals surface area contributed by atoms with E-state index in [-0.39, 0.29) is 11.9 Å². The SMILES string of the molecule is Cc1cc(C(=O)NCCn2c(C)nc3ccccc32)ccc1N1CCNC1=O. The summed E-state index contributed by atoms with van der Waals surface area (Å²) in [5, 5.41) is 5.77. The van der Waals surface area contributed by atoms with Crippen molar-refractivity contribution in [2.24, 2.45) is 0 Å². The Balaban J connectivity index is 1.42. The van der Waals surface area contributed by atoms with E-state index < -0.39 is 0 Å². The standard InChI is InChI=1S/C21H23N5O2/c1-14-13-16(7-8-18(14)26-12-10-23-21(26)28)20(27)22-9-11-25-15(2)24-17-5-3-4-6-19(17)25/h3-8,13H,9-12H2,1-2H3,(H,22,27)(H,23,28). The number of carbonyl (C=O) groups is 2. The number of aryl methyl sites for hydroxylation is 2. The van der Waals surface area contributed by atoms with Crippen LogP contribution in [0.15, 0.2) is 42.5 Å². The van der Waals surface area contributed by atoms with Crippen LogP contribution in [0.2, 0.25) is 0 Å². The Morgan fingerprint density at radius 3 is 2.79 bits per heavy atom. The lowest BCUT2D eigenvalue weighted by Gasteiger charge is -2.17. The molecule has 2 N–H and O–H groups in total. The van der Waals surface area contributed by atoms with Crippen LogP contribution in [0, 0.1) is 13.8 Å². The van der Waals surface area contributed by atoms with E-state index in [0.717, 1.165) is 28.1 Å². The van der Waals surface area contributed by atoms with Gasteiger partial charge in [0.05, 0.1) is 11.0 Å². The Hall–Kier alpha value is -3.35. The number of imidazole rings is 1. The molecule has 144 valence electrons. The summed E-state index contributed by atoms with van der Waals surface area (Å²) in [5.74, 6) is 0.808. The van der Waals surface area contributed by atoms with Gasteiger partial charge < -0.3 is 15.2 Å². The molecule has 1 aliphatic heterocycles. The predicted molar refractivity (Wildman–Crippen MR) is 109 cm³/mol. The first-order valence-electron chi connectivity index (χ1n) is 9.40. The maximum atomic E-state index is 12.5. The van der Waals surface area contributed by atoms with E-state index >= 15 is 0 Å². The van der Waals surface area contributed by atoms with Crippen molar-refractivity contribution in [3.8, 4) is 0 Å². The highest BCUT2D eigenvalue weighted by Gasteiger charge is 2.22. The van der Waals surface area contributed by atoms with Crippen molar-refractivity contribution >= 4 is 28.7 Å². The summed E-state index contributed by atoms with van der Waals surface area (Å²) in [6.45, 7) is 6.34. The molecule has 0 bridgehead atoms. The molecule has 1 saturated heterocycles. The number of hydrogen-bond donors (Lipinski definition) is 2. The largest absolute Gasteiger partial charge is 0.350 e. The van der Waals surface area contributed by atoms with Crippen molar-refractivity contribution in [1.29, 1.82) is 0 Å². The maximum absolute atomic E-state index is 12.5. The fourth-order valence-corrected chi connectivity index (χ4v) is 3.66. The van der Waals surface area contributed by atoms with Gasteiger partial charge in [-0.1, -0.05) is 12.1 Å². The highest BCUT2D eigenvalue weighted by atomic mass is 16.2. The third-order valence-corrected chi connectivity index (χ3v) is 5.07. The lowest BCUT2D eigenvalue weighted by atomic mass is 10.1. The number of urea groups is 1. The summed E-state index contributed by atoms with van der Waals surface area (Å²) < 4.78 is 2.11. The van der Waals surface area contributed by atoms with Crippen molar-refractivity contribution in [1.82, 2.24) is 20.2 Å². The molecule has 0 aliphatic carbocycles. The highest BCUT2D eigenvalue weighted by Crippen LogP contribution is 2.23. The van der Waals surface area contributed by atoms with E-state index in [2.05, 4.69) is 20.2 Å². The number of amides is 3. The molecule has 7 heteroatoms. The second-order valence-electron chi connectivity index (χ2n) is 6.94. The van der Waals surface area contributed by atoms with Crippen molar-refractivity contribution in [3.05, 3.63) is 59.4 Å². The molecule has 2 aromatic carbocycles. The van der Waals surface area contributed by atoms with Crippen LogP contribution in [0.3, 0.4) is 0 Å². The molecular formula is C21H23N5O2. The van der Waals surface area contributed by atoms with Gasteiger partial charge in [0.15, 0.2) is 0 Å². The number of nitrogens with one attached hydrogen (secondary N) is 2. The Kier molecular flexibility index (Phi) is 4.73. The molecule has 4 rings (SSSR count). The number of anilines is 1. The van der Waals surface area contributed by atoms with Crippen LogP contribution in [-0.4, -0.2) is 41.1 Å². The van der Waals surface area contributed by atoms with E-state index in [9.17, 15) is 9.59 Å². The van der Waals surface area contributed by atoms with E-state index in [1.165, 1.54) is 0 Å². The molecule has 7 nitrogen and oxygen atoms in total. The summed E-state index contributed by atoms with van der Waals surface area (Å²) in [5.41, 5.74) is 4.36. The van der Waals surface area contributed by atoms with E-state index in [1.807, 2.05) is 50.2 Å². The Morgan fingerprint density at radius 2 is 2.04 bits per heavy atom. The number of rotatable bonds is 5. The van der Waals surface area contributed by atoms with Crippen LogP contribution >= 0.6 is 0 Å². The van der Waals surface area contributed by atoms with Gasteiger partial charge in [0.25, 0.3) is 5.91 Å². The van der Waals surface area contributed by atoms with Crippen molar-refractivity contribution in [3.63, 3.8) is 0 Å². The molecular weight excluding hydrogens is 354 g/mol. The van der Waals surface area contributed by atoms with Crippen molar-refractivity contribution in [2.45, 2.75) is 20.4 Å². The lowest BCUT2D eigenvalue weighted by molar-refractivity contribution is 0.0952. The van der Waals surface area contributed by atoms with Gasteiger partial charge >= 0.3 is 6.03 Å². The molecule has 3 aromatic rings.